The molecule has 0 aromatic heterocycles. The Hall–Kier alpha value is -2.91. The van der Waals surface area contributed by atoms with Gasteiger partial charge in [0.15, 0.2) is 0 Å². The summed E-state index contributed by atoms with van der Waals surface area (Å²) in [5.74, 6) is -0.113. The number of esters is 1. The third-order valence-corrected chi connectivity index (χ3v) is 9.68. The van der Waals surface area contributed by atoms with Gasteiger partial charge in [0.25, 0.3) is 0 Å². The average Bonchev–Trinajstić information content (AvgIpc) is 3.00. The Morgan fingerprint density at radius 1 is 1.11 bits per heavy atom. The van der Waals surface area contributed by atoms with E-state index < -0.39 is 23.0 Å². The number of methoxy groups -OCH3 is 1. The largest absolute Gasteiger partial charge is 0.497 e. The highest BCUT2D eigenvalue weighted by Gasteiger charge is 2.48. The molecule has 5 nitrogen and oxygen atoms in total. The topological polar surface area (TPSA) is 48.0 Å². The van der Waals surface area contributed by atoms with Gasteiger partial charge in [-0.1, -0.05) is 30.3 Å². The Balaban J connectivity index is 1.58. The number of nitrogens with zero attached hydrogens (tertiary/aromatic N) is 1. The molecule has 1 aliphatic heterocycles. The van der Waals surface area contributed by atoms with Gasteiger partial charge in [-0.2, -0.15) is 13.2 Å². The van der Waals surface area contributed by atoms with Gasteiger partial charge in [-0.15, -0.1) is 0 Å². The maximum atomic E-state index is 15.7. The molecule has 0 radical (unpaired) electrons. The summed E-state index contributed by atoms with van der Waals surface area (Å²) >= 11 is 0. The summed E-state index contributed by atoms with van der Waals surface area (Å²) in [7, 11) is 1.61. The van der Waals surface area contributed by atoms with E-state index in [4.69, 9.17) is 14.2 Å². The molecule has 2 aliphatic rings. The number of hydrogen-bond donors (Lipinski definition) is 0. The molecule has 1 fully saturated rings. The maximum absolute atomic E-state index is 15.7. The SMILES string of the molecule is CCOC(=O)C1CC=C(c2ccc(CN(CC[C@@]3(c4ccc(OC)cc4)CCOC(C)(C)C3)CC(C)(C)C(F)(F)F)c(F)c2)CC1. The van der Waals surface area contributed by atoms with Crippen molar-refractivity contribution in [2.24, 2.45) is 11.3 Å². The zero-order valence-corrected chi connectivity index (χ0v) is 28.1. The second-order valence-corrected chi connectivity index (χ2v) is 14.1. The third-order valence-electron chi connectivity index (χ3n) is 9.68. The van der Waals surface area contributed by atoms with E-state index in [2.05, 4.69) is 0 Å². The van der Waals surface area contributed by atoms with Crippen molar-refractivity contribution in [1.29, 1.82) is 0 Å². The van der Waals surface area contributed by atoms with Crippen molar-refractivity contribution in [2.75, 3.05) is 33.4 Å². The summed E-state index contributed by atoms with van der Waals surface area (Å²) in [5.41, 5.74) is 0.424. The molecule has 0 bridgehead atoms. The van der Waals surface area contributed by atoms with Gasteiger partial charge in [0, 0.05) is 30.7 Å². The Morgan fingerprint density at radius 3 is 2.39 bits per heavy atom. The monoisotopic (exact) mass is 647 g/mol. The highest BCUT2D eigenvalue weighted by Crippen LogP contribution is 2.45. The van der Waals surface area contributed by atoms with Crippen LogP contribution in [0.5, 0.6) is 5.75 Å². The molecule has 0 spiro atoms. The van der Waals surface area contributed by atoms with Crippen LogP contribution in [-0.4, -0.2) is 56.1 Å². The van der Waals surface area contributed by atoms with Crippen LogP contribution in [0, 0.1) is 17.2 Å². The molecule has 1 saturated heterocycles. The lowest BCUT2D eigenvalue weighted by molar-refractivity contribution is -0.217. The minimum atomic E-state index is -4.42. The van der Waals surface area contributed by atoms with Crippen LogP contribution in [0.3, 0.4) is 0 Å². The molecule has 2 aromatic carbocycles. The van der Waals surface area contributed by atoms with Crippen molar-refractivity contribution >= 4 is 11.5 Å². The lowest BCUT2D eigenvalue weighted by Crippen LogP contribution is -2.47. The van der Waals surface area contributed by atoms with E-state index in [0.717, 1.165) is 28.9 Å². The minimum Gasteiger partial charge on any atom is -0.497 e. The molecule has 0 amide bonds. The van der Waals surface area contributed by atoms with E-state index in [1.165, 1.54) is 19.9 Å². The smallest absolute Gasteiger partial charge is 0.395 e. The van der Waals surface area contributed by atoms with Crippen molar-refractivity contribution in [3.63, 3.8) is 0 Å². The zero-order valence-electron chi connectivity index (χ0n) is 28.1. The predicted molar refractivity (Wildman–Crippen MR) is 172 cm³/mol. The average molecular weight is 648 g/mol. The first-order chi connectivity index (χ1) is 21.6. The van der Waals surface area contributed by atoms with Gasteiger partial charge in [-0.25, -0.2) is 4.39 Å². The zero-order chi connectivity index (χ0) is 33.8. The fourth-order valence-electron chi connectivity index (χ4n) is 6.95. The number of allylic oxidation sites excluding steroid dienone is 2. The van der Waals surface area contributed by atoms with E-state index in [-0.39, 0.29) is 30.4 Å². The summed E-state index contributed by atoms with van der Waals surface area (Å²) in [4.78, 5) is 13.9. The molecular weight excluding hydrogens is 598 g/mol. The molecule has 0 saturated carbocycles. The van der Waals surface area contributed by atoms with Crippen LogP contribution in [-0.2, 0) is 26.2 Å². The number of hydrogen-bond acceptors (Lipinski definition) is 5. The fraction of sp³-hybridized carbons (Fsp3) is 0.595. The number of carbonyl (C=O) groups is 1. The molecule has 1 unspecified atom stereocenters. The quantitative estimate of drug-likeness (QED) is 0.170. The standard InChI is InChI=1S/C37H49F4NO4/c1-7-45-33(43)27-10-8-26(9-11-27)28-12-13-29(32(38)22-28)23-42(25-34(2,3)37(39,40)41)20-18-36(19-21-46-35(4,5)24-36)30-14-16-31(44-6)17-15-30/h8,12-17,22,27H,7,9-11,18-21,23-25H2,1-6H3/t27?,36-/m1/s1. The van der Waals surface area contributed by atoms with Crippen LogP contribution in [0.4, 0.5) is 17.6 Å². The number of benzene rings is 2. The first-order valence-corrected chi connectivity index (χ1v) is 16.3. The van der Waals surface area contributed by atoms with Crippen LogP contribution in [0.2, 0.25) is 0 Å². The van der Waals surface area contributed by atoms with Crippen molar-refractivity contribution in [2.45, 2.75) is 96.9 Å². The maximum Gasteiger partial charge on any atom is 0.395 e. The summed E-state index contributed by atoms with van der Waals surface area (Å²) in [5, 5.41) is 0. The normalized spacial score (nSPS) is 22.0. The van der Waals surface area contributed by atoms with Crippen LogP contribution >= 0.6 is 0 Å². The molecule has 9 heteroatoms. The fourth-order valence-corrected chi connectivity index (χ4v) is 6.95. The van der Waals surface area contributed by atoms with E-state index >= 15 is 4.39 Å². The summed E-state index contributed by atoms with van der Waals surface area (Å²) in [6.07, 6.45) is 1.37. The minimum absolute atomic E-state index is 0.0498. The Bertz CT molecular complexity index is 1370. The lowest BCUT2D eigenvalue weighted by Gasteiger charge is -2.46. The third kappa shape index (κ3) is 8.71. The highest BCUT2D eigenvalue weighted by molar-refractivity contribution is 5.75. The van der Waals surface area contributed by atoms with Crippen LogP contribution in [0.25, 0.3) is 5.57 Å². The molecule has 2 atom stereocenters. The second-order valence-electron chi connectivity index (χ2n) is 14.1. The van der Waals surface area contributed by atoms with Gasteiger partial charge >= 0.3 is 12.1 Å². The lowest BCUT2D eigenvalue weighted by atomic mass is 9.67. The van der Waals surface area contributed by atoms with Crippen LogP contribution < -0.4 is 4.74 Å². The van der Waals surface area contributed by atoms with Crippen molar-refractivity contribution in [1.82, 2.24) is 4.90 Å². The van der Waals surface area contributed by atoms with E-state index in [9.17, 15) is 18.0 Å². The van der Waals surface area contributed by atoms with Crippen LogP contribution in [0.1, 0.15) is 89.8 Å². The number of alkyl halides is 3. The number of halogens is 4. The molecular formula is C37H49F4NO4. The van der Waals surface area contributed by atoms with E-state index in [1.54, 1.807) is 25.0 Å². The first kappa shape index (κ1) is 35.9. The predicted octanol–water partition coefficient (Wildman–Crippen LogP) is 8.89. The molecule has 2 aromatic rings. The van der Waals surface area contributed by atoms with Gasteiger partial charge in [-0.3, -0.25) is 9.69 Å². The van der Waals surface area contributed by atoms with Crippen molar-refractivity contribution in [3.8, 4) is 5.75 Å². The Labute approximate surface area is 271 Å². The summed E-state index contributed by atoms with van der Waals surface area (Å²) < 4.78 is 74.6. The van der Waals surface area contributed by atoms with E-state index in [0.29, 0.717) is 57.4 Å². The van der Waals surface area contributed by atoms with Crippen LogP contribution in [0.15, 0.2) is 48.5 Å². The first-order valence-electron chi connectivity index (χ1n) is 16.3. The molecule has 0 N–H and O–H groups in total. The van der Waals surface area contributed by atoms with Gasteiger partial charge in [0.05, 0.1) is 30.7 Å². The molecule has 1 aliphatic carbocycles. The summed E-state index contributed by atoms with van der Waals surface area (Å²) in [6.45, 7) is 9.29. The number of rotatable bonds is 12. The molecule has 1 heterocycles. The number of ether oxygens (including phenoxy) is 3. The second kappa shape index (κ2) is 14.5. The van der Waals surface area contributed by atoms with Crippen molar-refractivity contribution in [3.05, 3.63) is 71.0 Å². The van der Waals surface area contributed by atoms with Gasteiger partial charge < -0.3 is 14.2 Å². The van der Waals surface area contributed by atoms with E-state index in [1.807, 2.05) is 50.3 Å². The Kier molecular flexibility index (Phi) is 11.3. The molecule has 254 valence electrons. The van der Waals surface area contributed by atoms with Crippen molar-refractivity contribution < 1.29 is 36.6 Å². The highest BCUT2D eigenvalue weighted by atomic mass is 19.4. The van der Waals surface area contributed by atoms with Gasteiger partial charge in [0.2, 0.25) is 0 Å². The summed E-state index contributed by atoms with van der Waals surface area (Å²) in [6, 6.07) is 12.9. The molecule has 4 rings (SSSR count). The molecule has 46 heavy (non-hydrogen) atoms. The number of carbonyl (C=O) groups excluding carboxylic acids is 1. The van der Waals surface area contributed by atoms with Gasteiger partial charge in [-0.05, 0) is 115 Å². The Morgan fingerprint density at radius 2 is 1.83 bits per heavy atom. The van der Waals surface area contributed by atoms with Gasteiger partial charge in [0.1, 0.15) is 11.6 Å².